The Labute approximate surface area is 107 Å². The zero-order chi connectivity index (χ0) is 11.5. The van der Waals surface area contributed by atoms with Gasteiger partial charge in [0, 0.05) is 10.9 Å². The minimum Gasteiger partial charge on any atom is -0.314 e. The molecule has 1 aliphatic carbocycles. The lowest BCUT2D eigenvalue weighted by molar-refractivity contribution is 0.169. The van der Waals surface area contributed by atoms with Crippen molar-refractivity contribution in [1.82, 2.24) is 5.32 Å². The first kappa shape index (κ1) is 12.4. The predicted molar refractivity (Wildman–Crippen MR) is 72.4 cm³/mol. The van der Waals surface area contributed by atoms with Crippen molar-refractivity contribution in [2.24, 2.45) is 11.8 Å². The number of rotatable bonds is 5. The number of hydrogen-bond acceptors (Lipinski definition) is 2. The van der Waals surface area contributed by atoms with Gasteiger partial charge in [-0.25, -0.2) is 0 Å². The Kier molecular flexibility index (Phi) is 4.28. The van der Waals surface area contributed by atoms with Gasteiger partial charge in [0.25, 0.3) is 0 Å². The van der Waals surface area contributed by atoms with Crippen LogP contribution in [0.5, 0.6) is 0 Å². The van der Waals surface area contributed by atoms with E-state index in [1.54, 1.807) is 11.3 Å². The highest BCUT2D eigenvalue weighted by atomic mass is 35.5. The van der Waals surface area contributed by atoms with Gasteiger partial charge in [-0.2, -0.15) is 0 Å². The molecule has 2 unspecified atom stereocenters. The highest BCUT2D eigenvalue weighted by molar-refractivity contribution is 7.16. The molecule has 0 saturated heterocycles. The summed E-state index contributed by atoms with van der Waals surface area (Å²) in [6.07, 6.45) is 4.01. The van der Waals surface area contributed by atoms with Gasteiger partial charge in [-0.1, -0.05) is 25.4 Å². The SMILES string of the molecule is CC(C)NCC1CCC1Cc1ccc(Cl)s1. The second-order valence-corrected chi connectivity index (χ2v) is 6.87. The van der Waals surface area contributed by atoms with Gasteiger partial charge in [0.1, 0.15) is 0 Å². The summed E-state index contributed by atoms with van der Waals surface area (Å²) in [6.45, 7) is 5.61. The Hall–Kier alpha value is -0.0500. The van der Waals surface area contributed by atoms with Gasteiger partial charge in [-0.3, -0.25) is 0 Å². The lowest BCUT2D eigenvalue weighted by Crippen LogP contribution is -2.38. The van der Waals surface area contributed by atoms with E-state index in [4.69, 9.17) is 11.6 Å². The van der Waals surface area contributed by atoms with Crippen molar-refractivity contribution in [2.45, 2.75) is 39.2 Å². The summed E-state index contributed by atoms with van der Waals surface area (Å²) in [6, 6.07) is 4.80. The van der Waals surface area contributed by atoms with Gasteiger partial charge in [0.15, 0.2) is 0 Å². The molecule has 0 amide bonds. The van der Waals surface area contributed by atoms with E-state index in [0.29, 0.717) is 6.04 Å². The lowest BCUT2D eigenvalue weighted by atomic mass is 9.71. The van der Waals surface area contributed by atoms with Crippen molar-refractivity contribution in [3.8, 4) is 0 Å². The second-order valence-electron chi connectivity index (χ2n) is 5.07. The van der Waals surface area contributed by atoms with E-state index in [9.17, 15) is 0 Å². The molecule has 1 saturated carbocycles. The van der Waals surface area contributed by atoms with Crippen molar-refractivity contribution in [2.75, 3.05) is 6.54 Å². The summed E-state index contributed by atoms with van der Waals surface area (Å²) < 4.78 is 0.922. The van der Waals surface area contributed by atoms with Crippen molar-refractivity contribution in [1.29, 1.82) is 0 Å². The van der Waals surface area contributed by atoms with Gasteiger partial charge in [0.2, 0.25) is 0 Å². The molecule has 0 spiro atoms. The molecule has 2 atom stereocenters. The second kappa shape index (κ2) is 5.52. The molecular formula is C13H20ClNS. The van der Waals surface area contributed by atoms with Crippen LogP contribution in [0.25, 0.3) is 0 Å². The summed E-state index contributed by atoms with van der Waals surface area (Å²) in [7, 11) is 0. The Morgan fingerprint density at radius 2 is 2.12 bits per heavy atom. The average molecular weight is 258 g/mol. The first-order chi connectivity index (χ1) is 7.65. The lowest BCUT2D eigenvalue weighted by Gasteiger charge is -2.37. The van der Waals surface area contributed by atoms with Crippen molar-refractivity contribution >= 4 is 22.9 Å². The monoisotopic (exact) mass is 257 g/mol. The minimum atomic E-state index is 0.609. The van der Waals surface area contributed by atoms with Crippen molar-refractivity contribution < 1.29 is 0 Å². The Bertz CT molecular complexity index is 334. The Morgan fingerprint density at radius 1 is 1.38 bits per heavy atom. The first-order valence-corrected chi connectivity index (χ1v) is 7.32. The topological polar surface area (TPSA) is 12.0 Å². The maximum Gasteiger partial charge on any atom is 0.0931 e. The van der Waals surface area contributed by atoms with Gasteiger partial charge in [-0.05, 0) is 49.8 Å². The Balaban J connectivity index is 1.78. The molecule has 0 aliphatic heterocycles. The number of hydrogen-bond donors (Lipinski definition) is 1. The van der Waals surface area contributed by atoms with Crippen LogP contribution in [0.1, 0.15) is 31.6 Å². The molecule has 1 aromatic rings. The smallest absolute Gasteiger partial charge is 0.0931 e. The molecule has 3 heteroatoms. The highest BCUT2D eigenvalue weighted by Crippen LogP contribution is 2.38. The number of thiophene rings is 1. The standard InChI is InChI=1S/C13H20ClNS/c1-9(2)15-8-11-4-3-10(11)7-12-5-6-13(14)16-12/h5-6,9-11,15H,3-4,7-8H2,1-2H3. The zero-order valence-electron chi connectivity index (χ0n) is 10.0. The summed E-state index contributed by atoms with van der Waals surface area (Å²) in [5.41, 5.74) is 0. The molecule has 1 aliphatic rings. The van der Waals surface area contributed by atoms with Gasteiger partial charge < -0.3 is 5.32 Å². The maximum atomic E-state index is 5.95. The molecule has 1 heterocycles. The van der Waals surface area contributed by atoms with Gasteiger partial charge in [-0.15, -0.1) is 11.3 Å². The number of nitrogens with one attached hydrogen (secondary N) is 1. The molecule has 16 heavy (non-hydrogen) atoms. The first-order valence-electron chi connectivity index (χ1n) is 6.12. The minimum absolute atomic E-state index is 0.609. The quantitative estimate of drug-likeness (QED) is 0.842. The summed E-state index contributed by atoms with van der Waals surface area (Å²) in [5.74, 6) is 1.75. The van der Waals surface area contributed by atoms with Crippen molar-refractivity contribution in [3.05, 3.63) is 21.3 Å². The van der Waals surface area contributed by atoms with Gasteiger partial charge >= 0.3 is 0 Å². The van der Waals surface area contributed by atoms with Crippen LogP contribution in [0.15, 0.2) is 12.1 Å². The van der Waals surface area contributed by atoms with E-state index in [-0.39, 0.29) is 0 Å². The molecular weight excluding hydrogens is 238 g/mol. The fraction of sp³-hybridized carbons (Fsp3) is 0.692. The largest absolute Gasteiger partial charge is 0.314 e. The normalized spacial score (nSPS) is 24.8. The fourth-order valence-electron chi connectivity index (χ4n) is 2.28. The Morgan fingerprint density at radius 3 is 2.62 bits per heavy atom. The third kappa shape index (κ3) is 3.22. The molecule has 2 rings (SSSR count). The molecule has 0 aromatic carbocycles. The van der Waals surface area contributed by atoms with E-state index >= 15 is 0 Å². The van der Waals surface area contributed by atoms with Gasteiger partial charge in [0.05, 0.1) is 4.34 Å². The molecule has 90 valence electrons. The van der Waals surface area contributed by atoms with Crippen LogP contribution in [0.2, 0.25) is 4.34 Å². The summed E-state index contributed by atoms with van der Waals surface area (Å²) in [5, 5.41) is 3.55. The van der Waals surface area contributed by atoms with Crippen LogP contribution in [-0.2, 0) is 6.42 Å². The van der Waals surface area contributed by atoms with E-state index in [0.717, 1.165) is 16.2 Å². The van der Waals surface area contributed by atoms with Crippen LogP contribution in [0.3, 0.4) is 0 Å². The summed E-state index contributed by atoms with van der Waals surface area (Å²) >= 11 is 7.69. The molecule has 1 fully saturated rings. The van der Waals surface area contributed by atoms with Crippen LogP contribution in [0.4, 0.5) is 0 Å². The number of halogens is 1. The van der Waals surface area contributed by atoms with Crippen LogP contribution in [0, 0.1) is 11.8 Å². The third-order valence-electron chi connectivity index (χ3n) is 3.46. The molecule has 1 aromatic heterocycles. The predicted octanol–water partition coefficient (Wildman–Crippen LogP) is 3.97. The molecule has 1 nitrogen and oxygen atoms in total. The van der Waals surface area contributed by atoms with E-state index in [1.165, 1.54) is 30.7 Å². The van der Waals surface area contributed by atoms with E-state index in [2.05, 4.69) is 25.2 Å². The maximum absolute atomic E-state index is 5.95. The summed E-state index contributed by atoms with van der Waals surface area (Å²) in [4.78, 5) is 1.45. The average Bonchev–Trinajstić information content (AvgIpc) is 2.59. The molecule has 1 N–H and O–H groups in total. The van der Waals surface area contributed by atoms with Crippen LogP contribution < -0.4 is 5.32 Å². The third-order valence-corrected chi connectivity index (χ3v) is 4.71. The fourth-order valence-corrected chi connectivity index (χ4v) is 3.46. The highest BCUT2D eigenvalue weighted by Gasteiger charge is 2.30. The molecule has 0 bridgehead atoms. The van der Waals surface area contributed by atoms with Crippen LogP contribution >= 0.6 is 22.9 Å². The van der Waals surface area contributed by atoms with Crippen LogP contribution in [-0.4, -0.2) is 12.6 Å². The zero-order valence-corrected chi connectivity index (χ0v) is 11.6. The van der Waals surface area contributed by atoms with E-state index in [1.807, 2.05) is 6.07 Å². The van der Waals surface area contributed by atoms with Crippen molar-refractivity contribution in [3.63, 3.8) is 0 Å². The van der Waals surface area contributed by atoms with E-state index < -0.39 is 0 Å². The molecule has 0 radical (unpaired) electrons.